The molecule has 5 aromatic rings. The van der Waals surface area contributed by atoms with Gasteiger partial charge in [-0.25, -0.2) is 0 Å². The Morgan fingerprint density at radius 3 is 2.04 bits per heavy atom. The molecule has 6 rings (SSSR count). The third-order valence-electron chi connectivity index (χ3n) is 8.57. The van der Waals surface area contributed by atoms with E-state index in [0.717, 1.165) is 28.8 Å². The largest absolute Gasteiger partial charge is 0.507 e. The molecule has 1 aromatic heterocycles. The monoisotopic (exact) mass is 721 g/mol. The number of rotatable bonds is 8. The first kappa shape index (κ1) is 32.7. The lowest BCUT2D eigenvalue weighted by Gasteiger charge is -2.39. The summed E-state index contributed by atoms with van der Waals surface area (Å²) in [6.45, 7) is 0.479. The van der Waals surface area contributed by atoms with Crippen molar-refractivity contribution in [3.05, 3.63) is 85.5 Å². The van der Waals surface area contributed by atoms with Crippen LogP contribution in [0.4, 0.5) is 0 Å². The van der Waals surface area contributed by atoms with Crippen LogP contribution in [0.5, 0.6) is 51.7 Å². The average molecular weight is 723 g/mol. The molecule has 0 amide bonds. The minimum Gasteiger partial charge on any atom is -0.507 e. The zero-order valence-corrected chi connectivity index (χ0v) is 27.9. The summed E-state index contributed by atoms with van der Waals surface area (Å²) < 4.78 is 29.2. The van der Waals surface area contributed by atoms with Crippen LogP contribution in [0.1, 0.15) is 28.3 Å². The number of aromatic hydroxyl groups is 5. The fourth-order valence-electron chi connectivity index (χ4n) is 6.20. The summed E-state index contributed by atoms with van der Waals surface area (Å²) >= 11 is 3.72. The number of phenolic OH excluding ortho intramolecular Hbond substituents is 4. The zero-order valence-electron chi connectivity index (χ0n) is 26.3. The van der Waals surface area contributed by atoms with Gasteiger partial charge in [0.25, 0.3) is 0 Å². The lowest BCUT2D eigenvalue weighted by Crippen LogP contribution is -2.36. The van der Waals surface area contributed by atoms with E-state index in [1.165, 1.54) is 12.1 Å². The Labute approximate surface area is 282 Å². The number of methoxy groups -OCH3 is 4. The van der Waals surface area contributed by atoms with Gasteiger partial charge in [-0.05, 0) is 65.6 Å². The lowest BCUT2D eigenvalue weighted by atomic mass is 9.87. The van der Waals surface area contributed by atoms with E-state index in [1.807, 2.05) is 18.2 Å². The third-order valence-corrected chi connectivity index (χ3v) is 9.26. The van der Waals surface area contributed by atoms with Crippen LogP contribution in [0.15, 0.2) is 62.2 Å². The van der Waals surface area contributed by atoms with E-state index in [4.69, 9.17) is 23.4 Å². The maximum atomic E-state index is 13.5. The molecule has 5 N–H and O–H groups in total. The molecule has 0 saturated heterocycles. The smallest absolute Gasteiger partial charge is 0.238 e. The van der Waals surface area contributed by atoms with Crippen LogP contribution in [0, 0.1) is 0 Å². The summed E-state index contributed by atoms with van der Waals surface area (Å²) in [6.07, 6.45) is 0.580. The molecule has 0 radical (unpaired) electrons. The van der Waals surface area contributed by atoms with E-state index in [0.29, 0.717) is 40.4 Å². The Bertz CT molecular complexity index is 2130. The van der Waals surface area contributed by atoms with Crippen LogP contribution >= 0.6 is 15.9 Å². The summed E-state index contributed by atoms with van der Waals surface area (Å²) in [5.74, 6) is -0.905. The summed E-state index contributed by atoms with van der Waals surface area (Å²) in [7, 11) is 6.20. The highest BCUT2D eigenvalue weighted by molar-refractivity contribution is 9.10. The van der Waals surface area contributed by atoms with Gasteiger partial charge in [0.2, 0.25) is 11.2 Å². The number of fused-ring (bicyclic) bond motifs is 2. The van der Waals surface area contributed by atoms with Gasteiger partial charge in [-0.15, -0.1) is 0 Å². The van der Waals surface area contributed by atoms with E-state index < -0.39 is 34.5 Å². The predicted octanol–water partition coefficient (Wildman–Crippen LogP) is 5.93. The van der Waals surface area contributed by atoms with Crippen molar-refractivity contribution in [3.63, 3.8) is 0 Å². The van der Waals surface area contributed by atoms with E-state index in [9.17, 15) is 30.3 Å². The number of phenols is 4. The molecular formula is C35H32BrNO11. The highest BCUT2D eigenvalue weighted by atomic mass is 79.9. The number of benzene rings is 4. The summed E-state index contributed by atoms with van der Waals surface area (Å²) in [5.41, 5.74) is 1.81. The number of halogens is 1. The summed E-state index contributed by atoms with van der Waals surface area (Å²) in [4.78, 5) is 15.5. The first-order chi connectivity index (χ1) is 23.0. The van der Waals surface area contributed by atoms with E-state index in [2.05, 4.69) is 20.8 Å². The van der Waals surface area contributed by atoms with E-state index in [1.54, 1.807) is 34.5 Å². The van der Waals surface area contributed by atoms with Gasteiger partial charge < -0.3 is 48.9 Å². The molecule has 0 fully saturated rings. The molecule has 1 unspecified atom stereocenters. The Hall–Kier alpha value is -5.27. The Kier molecular flexibility index (Phi) is 8.67. The number of ether oxygens (including phenoxy) is 4. The second-order valence-corrected chi connectivity index (χ2v) is 12.0. The zero-order chi connectivity index (χ0) is 34.4. The minimum absolute atomic E-state index is 0.00975. The number of hydrogen-bond acceptors (Lipinski definition) is 12. The maximum absolute atomic E-state index is 13.5. The fraction of sp³-hybridized carbons (Fsp3) is 0.229. The van der Waals surface area contributed by atoms with Crippen molar-refractivity contribution in [2.75, 3.05) is 35.0 Å². The highest BCUT2D eigenvalue weighted by Crippen LogP contribution is 2.47. The van der Waals surface area contributed by atoms with Crippen LogP contribution in [0.25, 0.3) is 22.3 Å². The van der Waals surface area contributed by atoms with Crippen molar-refractivity contribution >= 4 is 26.9 Å². The Morgan fingerprint density at radius 1 is 0.771 bits per heavy atom. The summed E-state index contributed by atoms with van der Waals surface area (Å²) in [6, 6.07) is 11.7. The topological polar surface area (TPSA) is 172 Å². The Morgan fingerprint density at radius 2 is 1.40 bits per heavy atom. The van der Waals surface area contributed by atoms with Gasteiger partial charge in [-0.3, -0.25) is 9.69 Å². The van der Waals surface area contributed by atoms with Gasteiger partial charge in [0.1, 0.15) is 16.9 Å². The molecule has 2 heterocycles. The molecule has 13 heteroatoms. The second kappa shape index (κ2) is 12.7. The molecule has 4 aromatic carbocycles. The van der Waals surface area contributed by atoms with Gasteiger partial charge >= 0.3 is 0 Å². The molecule has 0 spiro atoms. The first-order valence-corrected chi connectivity index (χ1v) is 15.5. The van der Waals surface area contributed by atoms with Gasteiger partial charge in [0.05, 0.1) is 40.0 Å². The van der Waals surface area contributed by atoms with Crippen LogP contribution in [0.2, 0.25) is 0 Å². The van der Waals surface area contributed by atoms with Crippen LogP contribution in [-0.2, 0) is 13.0 Å². The second-order valence-electron chi connectivity index (χ2n) is 11.2. The van der Waals surface area contributed by atoms with Gasteiger partial charge in [-0.2, -0.15) is 0 Å². The van der Waals surface area contributed by atoms with Crippen molar-refractivity contribution in [1.82, 2.24) is 4.90 Å². The van der Waals surface area contributed by atoms with Crippen LogP contribution in [-0.4, -0.2) is 65.4 Å². The van der Waals surface area contributed by atoms with Crippen LogP contribution < -0.4 is 24.4 Å². The molecule has 250 valence electrons. The number of nitrogens with zero attached hydrogens (tertiary/aromatic N) is 1. The molecule has 48 heavy (non-hydrogen) atoms. The molecule has 1 aliphatic rings. The molecule has 1 atom stereocenters. The first-order valence-electron chi connectivity index (χ1n) is 14.7. The molecule has 12 nitrogen and oxygen atoms in total. The lowest BCUT2D eigenvalue weighted by molar-refractivity contribution is 0.200. The van der Waals surface area contributed by atoms with Crippen molar-refractivity contribution in [3.8, 4) is 63.1 Å². The predicted molar refractivity (Wildman–Crippen MR) is 179 cm³/mol. The van der Waals surface area contributed by atoms with Gasteiger partial charge in [0, 0.05) is 29.2 Å². The third kappa shape index (κ3) is 5.44. The van der Waals surface area contributed by atoms with Gasteiger partial charge in [-0.1, -0.05) is 15.9 Å². The normalized spacial score (nSPS) is 14.5. The minimum atomic E-state index is -0.947. The van der Waals surface area contributed by atoms with Crippen LogP contribution in [0.3, 0.4) is 0 Å². The Balaban J connectivity index is 1.58. The molecule has 0 aliphatic carbocycles. The summed E-state index contributed by atoms with van der Waals surface area (Å²) in [5, 5.41) is 52.4. The standard InChI is InChI=1S/C35H32BrNO11/c1-44-26-10-16-7-8-37(31(18(16)11-27(26)45-2)19-12-28(46-3)29(47-4)13-21(19)36)15-20-23(39)14-25(41)30-32(42)33(43)34(48-35(20)30)17-5-6-22(38)24(40)9-17/h5-6,9-14,31,38-41,43H,7-8,15H2,1-4H3. The highest BCUT2D eigenvalue weighted by Gasteiger charge is 2.34. The van der Waals surface area contributed by atoms with Crippen molar-refractivity contribution in [2.24, 2.45) is 0 Å². The number of hydrogen-bond donors (Lipinski definition) is 5. The molecule has 0 bridgehead atoms. The average Bonchev–Trinajstić information content (AvgIpc) is 3.08. The van der Waals surface area contributed by atoms with E-state index in [-0.39, 0.29) is 40.2 Å². The molecule has 0 saturated carbocycles. The van der Waals surface area contributed by atoms with Crippen molar-refractivity contribution in [2.45, 2.75) is 19.0 Å². The van der Waals surface area contributed by atoms with Crippen molar-refractivity contribution in [1.29, 1.82) is 0 Å². The molecular weight excluding hydrogens is 690 g/mol. The SMILES string of the molecule is COc1cc(Br)c(C2c3cc(OC)c(OC)cc3CCN2Cc2c(O)cc(O)c3c(=O)c(O)c(-c4ccc(O)c(O)c4)oc23)cc1OC. The quantitative estimate of drug-likeness (QED) is 0.120. The van der Waals surface area contributed by atoms with E-state index >= 15 is 0 Å². The maximum Gasteiger partial charge on any atom is 0.238 e. The fourth-order valence-corrected chi connectivity index (χ4v) is 6.74. The van der Waals surface area contributed by atoms with Gasteiger partial charge in [0.15, 0.2) is 45.8 Å². The molecule has 1 aliphatic heterocycles. The van der Waals surface area contributed by atoms with Crippen molar-refractivity contribution < 1.29 is 48.9 Å².